The second kappa shape index (κ2) is 18.3. The number of carbonyl (C=O) groups is 1. The van der Waals surface area contributed by atoms with Crippen LogP contribution in [0, 0.1) is 0 Å². The smallest absolute Gasteiger partial charge is 0.300 e. The lowest BCUT2D eigenvalue weighted by Crippen LogP contribution is -1.78. The highest BCUT2D eigenvalue weighted by Gasteiger charge is 1.65. The zero-order chi connectivity index (χ0) is 3.58. The minimum absolute atomic E-state index is 0. The van der Waals surface area contributed by atoms with Crippen molar-refractivity contribution in [2.24, 2.45) is 0 Å². The van der Waals surface area contributed by atoms with Gasteiger partial charge in [0.05, 0.1) is 0 Å². The lowest BCUT2D eigenvalue weighted by Gasteiger charge is -1.59. The number of hydrogen-bond acceptors (Lipinski definition) is 3. The Hall–Kier alpha value is -0.650. The van der Waals surface area contributed by atoms with Crippen LogP contribution in [-0.2, 0) is 4.79 Å². The van der Waals surface area contributed by atoms with E-state index in [9.17, 15) is 0 Å². The van der Waals surface area contributed by atoms with E-state index in [4.69, 9.17) is 9.90 Å². The molecule has 0 radical (unpaired) electrons. The van der Waals surface area contributed by atoms with E-state index < -0.39 is 5.97 Å². The predicted octanol–water partition coefficient (Wildman–Crippen LogP) is -0.410. The predicted molar refractivity (Wildman–Crippen MR) is 27.0 cm³/mol. The van der Waals surface area contributed by atoms with Crippen LogP contribution in [0.25, 0.3) is 0 Å². The van der Waals surface area contributed by atoms with Gasteiger partial charge in [-0.2, -0.15) is 0 Å². The summed E-state index contributed by atoms with van der Waals surface area (Å²) >= 11 is 0. The minimum atomic E-state index is -0.833. The molecule has 0 saturated heterocycles. The molecule has 48 valence electrons. The summed E-state index contributed by atoms with van der Waals surface area (Å²) < 4.78 is 0. The van der Waals surface area contributed by atoms with Gasteiger partial charge in [0, 0.05) is 6.92 Å². The van der Waals surface area contributed by atoms with E-state index in [0.717, 1.165) is 6.92 Å². The van der Waals surface area contributed by atoms with Crippen molar-refractivity contribution in [1.82, 2.24) is 12.3 Å². The summed E-state index contributed by atoms with van der Waals surface area (Å²) in [6.45, 7) is 1.08. The maximum atomic E-state index is 9.00. The van der Waals surface area contributed by atoms with Gasteiger partial charge in [-0.1, -0.05) is 0 Å². The van der Waals surface area contributed by atoms with Crippen LogP contribution in [0.2, 0.25) is 0 Å². The van der Waals surface area contributed by atoms with Crippen molar-refractivity contribution in [3.8, 4) is 0 Å². The molecule has 0 unspecified atom stereocenters. The molecule has 0 aromatic rings. The van der Waals surface area contributed by atoms with Gasteiger partial charge >= 0.3 is 0 Å². The molecule has 0 aromatic carbocycles. The van der Waals surface area contributed by atoms with E-state index >= 15 is 0 Å². The highest BCUT2D eigenvalue weighted by molar-refractivity contribution is 5.62. The van der Waals surface area contributed by atoms with E-state index in [-0.39, 0.29) is 17.8 Å². The van der Waals surface area contributed by atoms with E-state index in [1.807, 2.05) is 0 Å². The molecular weight excluding hydrogens is 100 g/mol. The van der Waals surface area contributed by atoms with Gasteiger partial charge in [0.1, 0.15) is 0 Å². The first-order valence-corrected chi connectivity index (χ1v) is 0.928. The van der Waals surface area contributed by atoms with Crippen LogP contribution in [-0.4, -0.2) is 16.6 Å². The average molecular weight is 112 g/mol. The summed E-state index contributed by atoms with van der Waals surface area (Å²) in [6, 6.07) is 0. The standard InChI is InChI=1S/C2H4O2.2H3N.H2O/c1-2(3)4;;;/h1H3,(H,3,4);2*1H3;1H2. The van der Waals surface area contributed by atoms with Crippen molar-refractivity contribution < 1.29 is 15.4 Å². The molecule has 5 nitrogen and oxygen atoms in total. The normalized spacial score (nSPS) is 3.57. The lowest BCUT2D eigenvalue weighted by atomic mass is 10.9. The summed E-state index contributed by atoms with van der Waals surface area (Å²) in [6.07, 6.45) is 0. The fraction of sp³-hybridized carbons (Fsp3) is 0.500. The van der Waals surface area contributed by atoms with Crippen LogP contribution >= 0.6 is 0 Å². The lowest BCUT2D eigenvalue weighted by molar-refractivity contribution is -0.134. The molecule has 0 spiro atoms. The molecule has 0 atom stereocenters. The van der Waals surface area contributed by atoms with Gasteiger partial charge in [0.2, 0.25) is 0 Å². The molecular formula is C2H12N2O3. The molecule has 0 saturated carbocycles. The van der Waals surface area contributed by atoms with Crippen LogP contribution in [0.3, 0.4) is 0 Å². The van der Waals surface area contributed by atoms with E-state index in [1.54, 1.807) is 0 Å². The largest absolute Gasteiger partial charge is 0.481 e. The number of carboxylic acids is 1. The van der Waals surface area contributed by atoms with Gasteiger partial charge in [-0.3, -0.25) is 4.79 Å². The van der Waals surface area contributed by atoms with Crippen molar-refractivity contribution in [1.29, 1.82) is 0 Å². The first-order valence-electron chi connectivity index (χ1n) is 0.928. The molecule has 0 amide bonds. The van der Waals surface area contributed by atoms with Gasteiger partial charge in [0.15, 0.2) is 0 Å². The Morgan fingerprint density at radius 1 is 1.43 bits per heavy atom. The summed E-state index contributed by atoms with van der Waals surface area (Å²) in [4.78, 5) is 9.00. The number of carboxylic acid groups (broad SMARTS) is 1. The molecule has 7 heavy (non-hydrogen) atoms. The first kappa shape index (κ1) is 32.9. The van der Waals surface area contributed by atoms with E-state index in [0.29, 0.717) is 0 Å². The second-order valence-corrected chi connectivity index (χ2v) is 0.519. The van der Waals surface area contributed by atoms with Crippen molar-refractivity contribution in [2.45, 2.75) is 6.92 Å². The molecule has 5 heteroatoms. The molecule has 0 aliphatic rings. The SMILES string of the molecule is CC(=O)O.N.N.O. The zero-order valence-corrected chi connectivity index (χ0v) is 4.27. The summed E-state index contributed by atoms with van der Waals surface area (Å²) in [5.41, 5.74) is 0. The Labute approximate surface area is 41.8 Å². The highest BCUT2D eigenvalue weighted by atomic mass is 16.4. The second-order valence-electron chi connectivity index (χ2n) is 0.519. The highest BCUT2D eigenvalue weighted by Crippen LogP contribution is 1.42. The van der Waals surface area contributed by atoms with Gasteiger partial charge in [-0.25, -0.2) is 0 Å². The van der Waals surface area contributed by atoms with Gasteiger partial charge < -0.3 is 22.9 Å². The quantitative estimate of drug-likeness (QED) is 0.391. The first-order chi connectivity index (χ1) is 1.73. The van der Waals surface area contributed by atoms with E-state index in [2.05, 4.69) is 0 Å². The fourth-order valence-corrected chi connectivity index (χ4v) is 0. The van der Waals surface area contributed by atoms with Crippen molar-refractivity contribution in [3.63, 3.8) is 0 Å². The molecule has 0 heterocycles. The zero-order valence-electron chi connectivity index (χ0n) is 4.27. The topological polar surface area (TPSA) is 139 Å². The molecule has 0 aliphatic heterocycles. The van der Waals surface area contributed by atoms with Crippen molar-refractivity contribution in [2.75, 3.05) is 0 Å². The third-order valence-electron chi connectivity index (χ3n) is 0. The van der Waals surface area contributed by atoms with Crippen LogP contribution in [0.1, 0.15) is 6.92 Å². The number of hydrogen-bond donors (Lipinski definition) is 3. The Balaban J connectivity index is -0.0000000150. The molecule has 0 aromatic heterocycles. The molecule has 9 N–H and O–H groups in total. The molecule has 0 rings (SSSR count). The third kappa shape index (κ3) is 142. The van der Waals surface area contributed by atoms with Gasteiger partial charge in [0.25, 0.3) is 5.97 Å². The number of aliphatic carboxylic acids is 1. The van der Waals surface area contributed by atoms with Crippen LogP contribution < -0.4 is 12.3 Å². The monoisotopic (exact) mass is 112 g/mol. The third-order valence-corrected chi connectivity index (χ3v) is 0. The minimum Gasteiger partial charge on any atom is -0.481 e. The average Bonchev–Trinajstić information content (AvgIpc) is 0.811. The summed E-state index contributed by atoms with van der Waals surface area (Å²) in [5.74, 6) is -0.833. The Bertz CT molecular complexity index is 33.9. The fourth-order valence-electron chi connectivity index (χ4n) is 0. The maximum Gasteiger partial charge on any atom is 0.300 e. The van der Waals surface area contributed by atoms with Crippen LogP contribution in [0.15, 0.2) is 0 Å². The Kier molecular flexibility index (Phi) is 86.2. The van der Waals surface area contributed by atoms with Gasteiger partial charge in [-0.15, -0.1) is 0 Å². The van der Waals surface area contributed by atoms with Crippen molar-refractivity contribution in [3.05, 3.63) is 0 Å². The Morgan fingerprint density at radius 3 is 1.43 bits per heavy atom. The molecule has 0 bridgehead atoms. The molecule has 0 fully saturated rings. The van der Waals surface area contributed by atoms with Crippen LogP contribution in [0.5, 0.6) is 0 Å². The summed E-state index contributed by atoms with van der Waals surface area (Å²) in [7, 11) is 0. The Morgan fingerprint density at radius 2 is 1.43 bits per heavy atom. The maximum absolute atomic E-state index is 9.00. The van der Waals surface area contributed by atoms with E-state index in [1.165, 1.54) is 0 Å². The van der Waals surface area contributed by atoms with Crippen LogP contribution in [0.4, 0.5) is 0 Å². The number of rotatable bonds is 0. The van der Waals surface area contributed by atoms with Gasteiger partial charge in [-0.05, 0) is 0 Å². The molecule has 0 aliphatic carbocycles. The summed E-state index contributed by atoms with van der Waals surface area (Å²) in [5, 5.41) is 7.42. The van der Waals surface area contributed by atoms with Crippen molar-refractivity contribution >= 4 is 5.97 Å².